The number of β-amino-alcohol motifs (C(OH)–C–C–N with tert-alkyl or cyclic N) is 1. The zero-order valence-electron chi connectivity index (χ0n) is 16.1. The van der Waals surface area contributed by atoms with Gasteiger partial charge in [-0.2, -0.15) is 0 Å². The molecular weight excluding hydrogens is 392 g/mol. The molecule has 1 fully saturated rings. The second-order valence-corrected chi connectivity index (χ2v) is 8.03. The summed E-state index contributed by atoms with van der Waals surface area (Å²) in [5.41, 5.74) is 0.873. The maximum Gasteiger partial charge on any atom is 0.190 e. The molecule has 2 unspecified atom stereocenters. The number of nitrogens with zero attached hydrogens (tertiary/aromatic N) is 1. The van der Waals surface area contributed by atoms with Crippen LogP contribution in [0.25, 0.3) is 22.3 Å². The highest BCUT2D eigenvalue weighted by molar-refractivity contribution is 6.38. The topological polar surface area (TPSA) is 94.1 Å². The maximum absolute atomic E-state index is 13.1. The molecular formula is C21H21BClNO5. The number of halogens is 1. The van der Waals surface area contributed by atoms with Crippen molar-refractivity contribution in [1.29, 1.82) is 0 Å². The zero-order valence-corrected chi connectivity index (χ0v) is 16.9. The molecule has 1 aliphatic heterocycles. The van der Waals surface area contributed by atoms with Crippen molar-refractivity contribution < 1.29 is 19.7 Å². The van der Waals surface area contributed by atoms with E-state index in [0.29, 0.717) is 34.6 Å². The van der Waals surface area contributed by atoms with Crippen LogP contribution in [0.15, 0.2) is 39.5 Å². The van der Waals surface area contributed by atoms with Gasteiger partial charge in [-0.25, -0.2) is 0 Å². The van der Waals surface area contributed by atoms with Gasteiger partial charge in [0, 0.05) is 35.1 Å². The Morgan fingerprint density at radius 2 is 1.97 bits per heavy atom. The molecule has 1 saturated heterocycles. The molecule has 0 spiro atoms. The normalized spacial score (nSPS) is 20.2. The Kier molecular flexibility index (Phi) is 5.06. The zero-order chi connectivity index (χ0) is 20.9. The number of benzene rings is 2. The van der Waals surface area contributed by atoms with Crippen LogP contribution in [0.1, 0.15) is 17.9 Å². The van der Waals surface area contributed by atoms with Crippen molar-refractivity contribution >= 4 is 35.9 Å². The Bertz CT molecular complexity index is 1160. The van der Waals surface area contributed by atoms with Gasteiger partial charge in [-0.05, 0) is 32.1 Å². The number of hydrogen-bond donors (Lipinski definition) is 3. The third kappa shape index (κ3) is 3.29. The molecule has 0 radical (unpaired) electrons. The van der Waals surface area contributed by atoms with Gasteiger partial charge in [0.05, 0.1) is 11.1 Å². The van der Waals surface area contributed by atoms with Gasteiger partial charge in [0.2, 0.25) is 0 Å². The first-order valence-electron chi connectivity index (χ1n) is 9.43. The van der Waals surface area contributed by atoms with Gasteiger partial charge in [-0.3, -0.25) is 4.79 Å². The van der Waals surface area contributed by atoms with E-state index in [2.05, 4.69) is 0 Å². The smallest absolute Gasteiger partial charge is 0.190 e. The van der Waals surface area contributed by atoms with E-state index in [-0.39, 0.29) is 28.2 Å². The molecule has 2 heterocycles. The number of hydrogen-bond acceptors (Lipinski definition) is 6. The van der Waals surface area contributed by atoms with E-state index >= 15 is 0 Å². The number of piperidine rings is 1. The van der Waals surface area contributed by atoms with Crippen molar-refractivity contribution in [3.8, 4) is 22.8 Å². The number of aromatic hydroxyl groups is 2. The molecule has 0 bridgehead atoms. The fourth-order valence-electron chi connectivity index (χ4n) is 4.13. The van der Waals surface area contributed by atoms with Gasteiger partial charge < -0.3 is 24.6 Å². The van der Waals surface area contributed by atoms with E-state index in [9.17, 15) is 20.1 Å². The van der Waals surface area contributed by atoms with Crippen LogP contribution in [0.4, 0.5) is 0 Å². The van der Waals surface area contributed by atoms with Crippen molar-refractivity contribution in [1.82, 2.24) is 4.90 Å². The highest BCUT2D eigenvalue weighted by Crippen LogP contribution is 2.42. The predicted octanol–water partition coefficient (Wildman–Crippen LogP) is 1.56. The molecule has 6 nitrogen and oxygen atoms in total. The van der Waals surface area contributed by atoms with Crippen LogP contribution in [0.2, 0.25) is 5.02 Å². The lowest BCUT2D eigenvalue weighted by atomic mass is 9.84. The van der Waals surface area contributed by atoms with E-state index in [1.165, 1.54) is 0 Å². The van der Waals surface area contributed by atoms with Crippen LogP contribution < -0.4 is 10.9 Å². The first kappa shape index (κ1) is 19.8. The molecule has 2 aromatic carbocycles. The van der Waals surface area contributed by atoms with E-state index < -0.39 is 17.5 Å². The summed E-state index contributed by atoms with van der Waals surface area (Å²) < 4.78 is 6.13. The van der Waals surface area contributed by atoms with Crippen molar-refractivity contribution in [3.05, 3.63) is 51.1 Å². The molecule has 29 heavy (non-hydrogen) atoms. The second-order valence-electron chi connectivity index (χ2n) is 7.62. The molecule has 1 aromatic heterocycles. The Morgan fingerprint density at radius 3 is 2.66 bits per heavy atom. The Balaban J connectivity index is 2.05. The lowest BCUT2D eigenvalue weighted by molar-refractivity contribution is 0.0631. The van der Waals surface area contributed by atoms with Crippen LogP contribution in [0.3, 0.4) is 0 Å². The number of aliphatic hydroxyl groups excluding tert-OH is 1. The van der Waals surface area contributed by atoms with Crippen LogP contribution >= 0.6 is 11.6 Å². The van der Waals surface area contributed by atoms with E-state index in [4.69, 9.17) is 16.0 Å². The molecule has 8 heteroatoms. The first-order chi connectivity index (χ1) is 13.8. The summed E-state index contributed by atoms with van der Waals surface area (Å²) in [6.07, 6.45) is -0.174. The van der Waals surface area contributed by atoms with Crippen LogP contribution in [0, 0.1) is 0 Å². The molecule has 150 valence electrons. The van der Waals surface area contributed by atoms with E-state index in [1.54, 1.807) is 32.1 Å². The number of aliphatic hydroxyl groups is 1. The lowest BCUT2D eigenvalue weighted by Gasteiger charge is -2.34. The highest BCUT2D eigenvalue weighted by Gasteiger charge is 2.33. The van der Waals surface area contributed by atoms with Crippen LogP contribution in [-0.2, 0) is 0 Å². The maximum atomic E-state index is 13.1. The monoisotopic (exact) mass is 413 g/mol. The summed E-state index contributed by atoms with van der Waals surface area (Å²) in [7, 11) is 3.52. The van der Waals surface area contributed by atoms with Crippen molar-refractivity contribution in [2.24, 2.45) is 0 Å². The molecule has 1 aliphatic rings. The minimum absolute atomic E-state index is 0.00256. The van der Waals surface area contributed by atoms with Crippen LogP contribution in [-0.4, -0.2) is 54.3 Å². The highest BCUT2D eigenvalue weighted by atomic mass is 35.5. The van der Waals surface area contributed by atoms with Crippen molar-refractivity contribution in [2.45, 2.75) is 18.4 Å². The van der Waals surface area contributed by atoms with Gasteiger partial charge in [0.15, 0.2) is 5.43 Å². The number of likely N-dealkylation sites (N-methyl/N-ethyl adjacent to an activating group) is 1. The average Bonchev–Trinajstić information content (AvgIpc) is 2.66. The molecule has 3 N–H and O–H groups in total. The lowest BCUT2D eigenvalue weighted by Crippen LogP contribution is -2.40. The minimum atomic E-state index is -0.747. The van der Waals surface area contributed by atoms with E-state index in [0.717, 1.165) is 12.6 Å². The predicted molar refractivity (Wildman–Crippen MR) is 115 cm³/mol. The molecule has 0 amide bonds. The summed E-state index contributed by atoms with van der Waals surface area (Å²) >= 11 is 6.32. The van der Waals surface area contributed by atoms with Crippen molar-refractivity contribution in [3.63, 3.8) is 0 Å². The fraction of sp³-hybridized carbons (Fsp3) is 0.286. The Labute approximate surface area is 173 Å². The third-order valence-corrected chi connectivity index (χ3v) is 5.99. The molecule has 0 saturated carbocycles. The largest absolute Gasteiger partial charge is 0.507 e. The number of fused-ring (bicyclic) bond motifs is 1. The minimum Gasteiger partial charge on any atom is -0.507 e. The van der Waals surface area contributed by atoms with E-state index in [1.807, 2.05) is 11.9 Å². The van der Waals surface area contributed by atoms with Gasteiger partial charge >= 0.3 is 0 Å². The average molecular weight is 414 g/mol. The fourth-order valence-corrected chi connectivity index (χ4v) is 4.35. The third-order valence-electron chi connectivity index (χ3n) is 5.66. The van der Waals surface area contributed by atoms with Gasteiger partial charge in [-0.15, -0.1) is 0 Å². The SMILES string of the molecule is Bc1c(-c2ccccc2Cl)oc2c(C3CCN(C)CC3O)c(O)cc(O)c2c1=O. The summed E-state index contributed by atoms with van der Waals surface area (Å²) in [4.78, 5) is 15.1. The number of phenols is 2. The molecule has 2 atom stereocenters. The summed E-state index contributed by atoms with van der Waals surface area (Å²) in [6, 6.07) is 8.15. The van der Waals surface area contributed by atoms with Crippen molar-refractivity contribution in [2.75, 3.05) is 20.1 Å². The molecule has 0 aliphatic carbocycles. The summed E-state index contributed by atoms with van der Waals surface area (Å²) in [5, 5.41) is 32.1. The van der Waals surface area contributed by atoms with Gasteiger partial charge in [0.1, 0.15) is 36.1 Å². The first-order valence-corrected chi connectivity index (χ1v) is 9.81. The number of likely N-dealkylation sites (tertiary alicyclic amines) is 1. The molecule has 4 rings (SSSR count). The van der Waals surface area contributed by atoms with Gasteiger partial charge in [0.25, 0.3) is 0 Å². The summed E-state index contributed by atoms with van der Waals surface area (Å²) in [5.74, 6) is -0.715. The number of rotatable bonds is 2. The Morgan fingerprint density at radius 1 is 1.24 bits per heavy atom. The second kappa shape index (κ2) is 7.41. The molecule has 3 aromatic rings. The Hall–Kier alpha value is -2.48. The summed E-state index contributed by atoms with van der Waals surface area (Å²) in [6.45, 7) is 1.15. The quantitative estimate of drug-likeness (QED) is 0.552. The standard InChI is InChI=1S/C21H21BClNO5/c1-24-7-6-11(15(27)9-24)16-13(25)8-14(26)17-19(28)18(22)20(29-21(16)17)10-4-2-3-5-12(10)23/h2-5,8,11,15,25-27H,6-7,9,22H2,1H3. The van der Waals surface area contributed by atoms with Gasteiger partial charge in [-0.1, -0.05) is 23.7 Å². The number of phenolic OH excluding ortho intramolecular Hbond substituents is 2. The van der Waals surface area contributed by atoms with Crippen LogP contribution in [0.5, 0.6) is 11.5 Å².